The third-order valence-electron chi connectivity index (χ3n) is 3.05. The van der Waals surface area contributed by atoms with Crippen molar-refractivity contribution in [1.29, 1.82) is 0 Å². The van der Waals surface area contributed by atoms with Gasteiger partial charge in [0.25, 0.3) is 0 Å². The van der Waals surface area contributed by atoms with E-state index in [1.54, 1.807) is 12.1 Å². The average Bonchev–Trinajstić information content (AvgIpc) is 2.71. The molecule has 2 N–H and O–H groups in total. The fourth-order valence-corrected chi connectivity index (χ4v) is 2.10. The monoisotopic (exact) mass is 294 g/mol. The van der Waals surface area contributed by atoms with E-state index in [-0.39, 0.29) is 17.4 Å². The molecule has 1 aromatic carbocycles. The molecule has 0 aliphatic rings. The number of halogens is 1. The summed E-state index contributed by atoms with van der Waals surface area (Å²) in [5.41, 5.74) is 7.62. The van der Waals surface area contributed by atoms with Gasteiger partial charge in [-0.1, -0.05) is 31.5 Å². The Bertz CT molecular complexity index is 679. The molecule has 1 heterocycles. The number of benzene rings is 1. The second kappa shape index (κ2) is 5.13. The molecule has 1 aromatic heterocycles. The first kappa shape index (κ1) is 14.3. The maximum absolute atomic E-state index is 11.2. The summed E-state index contributed by atoms with van der Waals surface area (Å²) in [6.45, 7) is 5.54. The number of nitrogen functional groups attached to an aromatic ring is 1. The number of aryl methyl sites for hydroxylation is 1. The minimum atomic E-state index is -0.496. The summed E-state index contributed by atoms with van der Waals surface area (Å²) in [4.78, 5) is 10.7. The van der Waals surface area contributed by atoms with Crippen molar-refractivity contribution in [3.8, 4) is 5.69 Å². The van der Waals surface area contributed by atoms with Gasteiger partial charge in [0.1, 0.15) is 5.69 Å². The zero-order chi connectivity index (χ0) is 15.0. The highest BCUT2D eigenvalue weighted by Gasteiger charge is 2.28. The summed E-state index contributed by atoms with van der Waals surface area (Å²) in [6.07, 6.45) is 0. The van der Waals surface area contributed by atoms with Gasteiger partial charge >= 0.3 is 5.69 Å². The molecule has 0 saturated carbocycles. The van der Waals surface area contributed by atoms with E-state index in [9.17, 15) is 10.1 Å². The van der Waals surface area contributed by atoms with Crippen molar-refractivity contribution in [3.63, 3.8) is 0 Å². The molecule has 0 amide bonds. The molecule has 7 heteroatoms. The first-order chi connectivity index (χ1) is 9.32. The van der Waals surface area contributed by atoms with E-state index in [0.29, 0.717) is 16.4 Å². The van der Waals surface area contributed by atoms with E-state index < -0.39 is 4.92 Å². The Morgan fingerprint density at radius 3 is 2.55 bits per heavy atom. The third kappa shape index (κ3) is 2.34. The summed E-state index contributed by atoms with van der Waals surface area (Å²) in [7, 11) is 0. The van der Waals surface area contributed by atoms with E-state index in [0.717, 1.165) is 5.56 Å². The highest BCUT2D eigenvalue weighted by Crippen LogP contribution is 2.33. The predicted octanol–water partition coefficient (Wildman–Crippen LogP) is 3.45. The van der Waals surface area contributed by atoms with Gasteiger partial charge < -0.3 is 5.73 Å². The maximum atomic E-state index is 11.2. The fourth-order valence-electron chi connectivity index (χ4n) is 1.93. The molecule has 20 heavy (non-hydrogen) atoms. The largest absolute Gasteiger partial charge is 0.378 e. The van der Waals surface area contributed by atoms with Gasteiger partial charge in [-0.2, -0.15) is 5.10 Å². The molecular weight excluding hydrogens is 280 g/mol. The number of nitro groups is 1. The van der Waals surface area contributed by atoms with Crippen LogP contribution in [0.4, 0.5) is 11.5 Å². The second-order valence-corrected chi connectivity index (χ2v) is 5.28. The lowest BCUT2D eigenvalue weighted by Crippen LogP contribution is -2.03. The lowest BCUT2D eigenvalue weighted by Gasteiger charge is -2.05. The Labute approximate surface area is 121 Å². The van der Waals surface area contributed by atoms with Gasteiger partial charge in [0.15, 0.2) is 0 Å². The maximum Gasteiger partial charge on any atom is 0.334 e. The lowest BCUT2D eigenvalue weighted by molar-refractivity contribution is -0.384. The lowest BCUT2D eigenvalue weighted by atomic mass is 10.1. The molecule has 2 rings (SSSR count). The van der Waals surface area contributed by atoms with Crippen LogP contribution in [-0.2, 0) is 0 Å². The topological polar surface area (TPSA) is 87.0 Å². The number of nitrogens with zero attached hydrogens (tertiary/aromatic N) is 3. The van der Waals surface area contributed by atoms with Crippen molar-refractivity contribution >= 4 is 23.1 Å². The number of anilines is 1. The van der Waals surface area contributed by atoms with Crippen LogP contribution in [0.1, 0.15) is 31.0 Å². The fraction of sp³-hybridized carbons (Fsp3) is 0.308. The molecule has 0 bridgehead atoms. The molecule has 0 spiro atoms. The molecule has 0 radical (unpaired) electrons. The van der Waals surface area contributed by atoms with Crippen molar-refractivity contribution < 1.29 is 4.92 Å². The Balaban J connectivity index is 2.66. The van der Waals surface area contributed by atoms with Crippen LogP contribution >= 0.6 is 11.6 Å². The van der Waals surface area contributed by atoms with E-state index >= 15 is 0 Å². The Morgan fingerprint density at radius 1 is 1.45 bits per heavy atom. The van der Waals surface area contributed by atoms with Crippen molar-refractivity contribution in [2.45, 2.75) is 26.7 Å². The highest BCUT2D eigenvalue weighted by atomic mass is 35.5. The summed E-state index contributed by atoms with van der Waals surface area (Å²) in [5, 5.41) is 16.0. The molecule has 0 unspecified atom stereocenters. The Hall–Kier alpha value is -2.08. The number of rotatable bonds is 3. The smallest absolute Gasteiger partial charge is 0.334 e. The number of hydrogen-bond donors (Lipinski definition) is 1. The SMILES string of the molecule is Cc1ccc(-n2nc(C(C)C)c([N+](=O)[O-])c2N)cc1Cl. The molecule has 0 fully saturated rings. The van der Waals surface area contributed by atoms with Gasteiger partial charge in [0, 0.05) is 10.9 Å². The third-order valence-corrected chi connectivity index (χ3v) is 3.46. The molecule has 0 aliphatic heterocycles. The Morgan fingerprint density at radius 2 is 2.10 bits per heavy atom. The van der Waals surface area contributed by atoms with E-state index in [4.69, 9.17) is 17.3 Å². The zero-order valence-corrected chi connectivity index (χ0v) is 12.2. The molecule has 6 nitrogen and oxygen atoms in total. The number of nitrogens with two attached hydrogens (primary N) is 1. The standard InChI is InChI=1S/C13H15ClN4O2/c1-7(2)11-12(18(19)20)13(15)17(16-11)9-5-4-8(3)10(14)6-9/h4-7H,15H2,1-3H3. The van der Waals surface area contributed by atoms with Crippen LogP contribution in [0.25, 0.3) is 5.69 Å². The van der Waals surface area contributed by atoms with Gasteiger partial charge in [-0.25, -0.2) is 4.68 Å². The first-order valence-electron chi connectivity index (χ1n) is 6.12. The summed E-state index contributed by atoms with van der Waals surface area (Å²) < 4.78 is 1.36. The van der Waals surface area contributed by atoms with Gasteiger partial charge in [-0.15, -0.1) is 0 Å². The summed E-state index contributed by atoms with van der Waals surface area (Å²) in [5.74, 6) is -0.0847. The van der Waals surface area contributed by atoms with Crippen LogP contribution in [0, 0.1) is 17.0 Å². The number of hydrogen-bond acceptors (Lipinski definition) is 4. The van der Waals surface area contributed by atoms with Crippen LogP contribution < -0.4 is 5.73 Å². The van der Waals surface area contributed by atoms with Crippen LogP contribution in [0.2, 0.25) is 5.02 Å². The zero-order valence-electron chi connectivity index (χ0n) is 11.4. The quantitative estimate of drug-likeness (QED) is 0.694. The average molecular weight is 295 g/mol. The minimum absolute atomic E-state index is 0.0126. The van der Waals surface area contributed by atoms with Crippen molar-refractivity contribution in [2.75, 3.05) is 5.73 Å². The molecule has 106 valence electrons. The summed E-state index contributed by atoms with van der Waals surface area (Å²) >= 11 is 6.07. The molecular formula is C13H15ClN4O2. The summed E-state index contributed by atoms with van der Waals surface area (Å²) in [6, 6.07) is 5.28. The predicted molar refractivity (Wildman–Crippen MR) is 78.5 cm³/mol. The van der Waals surface area contributed by atoms with Crippen molar-refractivity contribution in [3.05, 3.63) is 44.6 Å². The first-order valence-corrected chi connectivity index (χ1v) is 6.50. The molecule has 0 atom stereocenters. The number of aromatic nitrogens is 2. The van der Waals surface area contributed by atoms with Crippen molar-refractivity contribution in [1.82, 2.24) is 9.78 Å². The Kier molecular flexibility index (Phi) is 3.67. The molecule has 0 saturated heterocycles. The highest BCUT2D eigenvalue weighted by molar-refractivity contribution is 6.31. The minimum Gasteiger partial charge on any atom is -0.378 e. The van der Waals surface area contributed by atoms with E-state index in [1.807, 2.05) is 26.8 Å². The van der Waals surface area contributed by atoms with Crippen LogP contribution in [0.15, 0.2) is 18.2 Å². The second-order valence-electron chi connectivity index (χ2n) is 4.88. The van der Waals surface area contributed by atoms with Crippen LogP contribution in [0.5, 0.6) is 0 Å². The molecule has 2 aromatic rings. The normalized spacial score (nSPS) is 11.1. The van der Waals surface area contributed by atoms with Crippen LogP contribution in [0.3, 0.4) is 0 Å². The van der Waals surface area contributed by atoms with Gasteiger partial charge in [0.2, 0.25) is 5.82 Å². The van der Waals surface area contributed by atoms with Crippen LogP contribution in [-0.4, -0.2) is 14.7 Å². The van der Waals surface area contributed by atoms with Gasteiger partial charge in [0.05, 0.1) is 10.6 Å². The molecule has 0 aliphatic carbocycles. The van der Waals surface area contributed by atoms with Gasteiger partial charge in [-0.05, 0) is 24.6 Å². The van der Waals surface area contributed by atoms with E-state index in [2.05, 4.69) is 5.10 Å². The van der Waals surface area contributed by atoms with Gasteiger partial charge in [-0.3, -0.25) is 10.1 Å². The van der Waals surface area contributed by atoms with E-state index in [1.165, 1.54) is 4.68 Å². The van der Waals surface area contributed by atoms with Crippen molar-refractivity contribution in [2.24, 2.45) is 0 Å².